The lowest BCUT2D eigenvalue weighted by Gasteiger charge is -2.05. The maximum atomic E-state index is 11.5. The van der Waals surface area contributed by atoms with Crippen molar-refractivity contribution in [2.45, 2.75) is 6.92 Å². The van der Waals surface area contributed by atoms with Crippen LogP contribution in [-0.4, -0.2) is 39.1 Å². The Balaban J connectivity index is 2.25. The van der Waals surface area contributed by atoms with E-state index in [1.165, 1.54) is 19.2 Å². The van der Waals surface area contributed by atoms with E-state index in [4.69, 9.17) is 9.47 Å². The zero-order valence-corrected chi connectivity index (χ0v) is 11.7. The smallest absolute Gasteiger partial charge is 0.497 e. The quantitative estimate of drug-likeness (QED) is 0.311. The van der Waals surface area contributed by atoms with Crippen molar-refractivity contribution in [1.82, 2.24) is 0 Å². The highest BCUT2D eigenvalue weighted by Gasteiger charge is 2.12. The standard InChI is InChI=1S/C13H16O8/c1-3-17-7-8-18-13(15)20-21-19-12(14)10-5-4-6-11(9-10)16-2/h4-6,9H,3,7-8H2,1-2H3. The Morgan fingerprint density at radius 3 is 2.67 bits per heavy atom. The molecule has 0 fully saturated rings. The molecule has 0 aliphatic rings. The first-order chi connectivity index (χ1) is 10.2. The van der Waals surface area contributed by atoms with E-state index in [0.29, 0.717) is 12.4 Å². The number of methoxy groups -OCH3 is 1. The van der Waals surface area contributed by atoms with Crippen molar-refractivity contribution >= 4 is 12.1 Å². The maximum absolute atomic E-state index is 11.5. The van der Waals surface area contributed by atoms with E-state index in [0.717, 1.165) is 0 Å². The van der Waals surface area contributed by atoms with Gasteiger partial charge in [-0.3, -0.25) is 4.89 Å². The van der Waals surface area contributed by atoms with Gasteiger partial charge in [0.2, 0.25) is 0 Å². The van der Waals surface area contributed by atoms with Gasteiger partial charge in [-0.2, -0.15) is 0 Å². The molecule has 0 heterocycles. The summed E-state index contributed by atoms with van der Waals surface area (Å²) in [5.74, 6) is -0.378. The predicted molar refractivity (Wildman–Crippen MR) is 68.4 cm³/mol. The Hall–Kier alpha value is -2.32. The Labute approximate surface area is 121 Å². The maximum Gasteiger partial charge on any atom is 0.543 e. The van der Waals surface area contributed by atoms with Gasteiger partial charge in [-0.1, -0.05) is 6.07 Å². The first kappa shape index (κ1) is 16.7. The van der Waals surface area contributed by atoms with Crippen molar-refractivity contribution in [1.29, 1.82) is 0 Å². The minimum absolute atomic E-state index is 0.000135. The summed E-state index contributed by atoms with van der Waals surface area (Å²) < 4.78 is 14.4. The van der Waals surface area contributed by atoms with E-state index in [-0.39, 0.29) is 18.8 Å². The average molecular weight is 300 g/mol. The topological polar surface area (TPSA) is 89.5 Å². The summed E-state index contributed by atoms with van der Waals surface area (Å²) >= 11 is 0. The van der Waals surface area contributed by atoms with Crippen molar-refractivity contribution in [2.75, 3.05) is 26.9 Å². The summed E-state index contributed by atoms with van der Waals surface area (Å²) in [6.45, 7) is 2.54. The summed E-state index contributed by atoms with van der Waals surface area (Å²) in [6.07, 6.45) is -1.15. The second-order valence-electron chi connectivity index (χ2n) is 3.55. The number of hydrogen-bond acceptors (Lipinski definition) is 8. The Kier molecular flexibility index (Phi) is 7.62. The van der Waals surface area contributed by atoms with Gasteiger partial charge in [0.1, 0.15) is 12.4 Å². The van der Waals surface area contributed by atoms with Gasteiger partial charge in [0.05, 0.1) is 24.3 Å². The third-order valence-electron chi connectivity index (χ3n) is 2.17. The molecule has 0 spiro atoms. The third kappa shape index (κ3) is 6.59. The highest BCUT2D eigenvalue weighted by atomic mass is 17.5. The molecule has 0 saturated heterocycles. The largest absolute Gasteiger partial charge is 0.543 e. The SMILES string of the molecule is CCOCCOC(=O)OOOC(=O)c1cccc(OC)c1. The van der Waals surface area contributed by atoms with E-state index in [1.54, 1.807) is 19.1 Å². The Morgan fingerprint density at radius 2 is 1.95 bits per heavy atom. The molecule has 8 heteroatoms. The van der Waals surface area contributed by atoms with E-state index < -0.39 is 12.1 Å². The summed E-state index contributed by atoms with van der Waals surface area (Å²) in [5, 5.41) is 4.04. The zero-order valence-electron chi connectivity index (χ0n) is 11.7. The normalized spacial score (nSPS) is 9.81. The van der Waals surface area contributed by atoms with Crippen LogP contribution in [0.1, 0.15) is 17.3 Å². The fourth-order valence-electron chi connectivity index (χ4n) is 1.23. The highest BCUT2D eigenvalue weighted by molar-refractivity contribution is 5.89. The minimum Gasteiger partial charge on any atom is -0.497 e. The number of benzene rings is 1. The lowest BCUT2D eigenvalue weighted by Crippen LogP contribution is -2.14. The second kappa shape index (κ2) is 9.56. The van der Waals surface area contributed by atoms with Crippen LogP contribution < -0.4 is 4.74 Å². The molecule has 0 aliphatic carbocycles. The van der Waals surface area contributed by atoms with Crippen molar-refractivity contribution in [3.63, 3.8) is 0 Å². The van der Waals surface area contributed by atoms with Crippen LogP contribution in [0.5, 0.6) is 5.75 Å². The first-order valence-electron chi connectivity index (χ1n) is 6.11. The van der Waals surface area contributed by atoms with Crippen LogP contribution in [0.15, 0.2) is 24.3 Å². The molecule has 1 aromatic rings. The van der Waals surface area contributed by atoms with Crippen LogP contribution in [0.25, 0.3) is 0 Å². The van der Waals surface area contributed by atoms with Crippen molar-refractivity contribution in [2.24, 2.45) is 0 Å². The number of hydrogen-bond donors (Lipinski definition) is 0. The summed E-state index contributed by atoms with van der Waals surface area (Å²) in [7, 11) is 1.46. The van der Waals surface area contributed by atoms with Gasteiger partial charge in [0.15, 0.2) is 0 Å². The van der Waals surface area contributed by atoms with E-state index in [2.05, 4.69) is 19.6 Å². The molecule has 0 bridgehead atoms. The molecule has 0 N–H and O–H groups in total. The van der Waals surface area contributed by atoms with Crippen molar-refractivity contribution in [3.05, 3.63) is 29.8 Å². The van der Waals surface area contributed by atoms with Crippen LogP contribution in [-0.2, 0) is 24.3 Å². The molecule has 1 rings (SSSR count). The van der Waals surface area contributed by atoms with E-state index in [1.807, 2.05) is 0 Å². The lowest BCUT2D eigenvalue weighted by atomic mass is 10.2. The van der Waals surface area contributed by atoms with Crippen LogP contribution in [0.2, 0.25) is 0 Å². The molecule has 0 radical (unpaired) electrons. The molecule has 8 nitrogen and oxygen atoms in total. The van der Waals surface area contributed by atoms with Gasteiger partial charge in [-0.05, 0) is 25.1 Å². The van der Waals surface area contributed by atoms with Crippen molar-refractivity contribution in [3.8, 4) is 5.75 Å². The molecule has 21 heavy (non-hydrogen) atoms. The monoisotopic (exact) mass is 300 g/mol. The van der Waals surface area contributed by atoms with Crippen LogP contribution in [0.4, 0.5) is 4.79 Å². The molecular weight excluding hydrogens is 284 g/mol. The lowest BCUT2D eigenvalue weighted by molar-refractivity contribution is -0.452. The van der Waals surface area contributed by atoms with Gasteiger partial charge in [-0.25, -0.2) is 14.5 Å². The fraction of sp³-hybridized carbons (Fsp3) is 0.385. The molecule has 0 saturated carbocycles. The van der Waals surface area contributed by atoms with Gasteiger partial charge in [-0.15, -0.1) is 0 Å². The molecule has 0 unspecified atom stereocenters. The molecule has 116 valence electrons. The summed E-state index contributed by atoms with van der Waals surface area (Å²) in [6, 6.07) is 6.17. The first-order valence-corrected chi connectivity index (χ1v) is 6.11. The summed E-state index contributed by atoms with van der Waals surface area (Å²) in [5.41, 5.74) is 0.169. The van der Waals surface area contributed by atoms with Crippen molar-refractivity contribution < 1.29 is 38.6 Å². The molecule has 1 aromatic carbocycles. The molecule has 0 amide bonds. The molecular formula is C13H16O8. The average Bonchev–Trinajstić information content (AvgIpc) is 2.51. The van der Waals surface area contributed by atoms with E-state index in [9.17, 15) is 9.59 Å². The van der Waals surface area contributed by atoms with Gasteiger partial charge in [0.25, 0.3) is 0 Å². The summed E-state index contributed by atoms with van der Waals surface area (Å²) in [4.78, 5) is 30.9. The predicted octanol–water partition coefficient (Wildman–Crippen LogP) is 1.89. The minimum atomic E-state index is -1.15. The molecule has 0 atom stereocenters. The van der Waals surface area contributed by atoms with Crippen LogP contribution >= 0.6 is 0 Å². The molecule has 0 aliphatic heterocycles. The fourth-order valence-corrected chi connectivity index (χ4v) is 1.23. The van der Waals surface area contributed by atoms with Gasteiger partial charge >= 0.3 is 12.1 Å². The van der Waals surface area contributed by atoms with Gasteiger partial charge in [0, 0.05) is 6.61 Å². The van der Waals surface area contributed by atoms with Crippen LogP contribution in [0, 0.1) is 0 Å². The third-order valence-corrected chi connectivity index (χ3v) is 2.17. The number of carbonyl (C=O) groups excluding carboxylic acids is 2. The highest BCUT2D eigenvalue weighted by Crippen LogP contribution is 2.13. The number of rotatable bonds is 8. The zero-order chi connectivity index (χ0) is 15.5. The second-order valence-corrected chi connectivity index (χ2v) is 3.55. The van der Waals surface area contributed by atoms with Gasteiger partial charge < -0.3 is 14.2 Å². The number of carbonyl (C=O) groups is 2. The van der Waals surface area contributed by atoms with E-state index >= 15 is 0 Å². The Bertz CT molecular complexity index is 459. The van der Waals surface area contributed by atoms with Crippen LogP contribution in [0.3, 0.4) is 0 Å². The number of ether oxygens (including phenoxy) is 3. The Morgan fingerprint density at radius 1 is 1.14 bits per heavy atom. The molecule has 0 aromatic heterocycles.